The summed E-state index contributed by atoms with van der Waals surface area (Å²) >= 11 is 0. The first-order valence-corrected chi connectivity index (χ1v) is 7.37. The van der Waals surface area contributed by atoms with Gasteiger partial charge in [-0.1, -0.05) is 19.9 Å². The van der Waals surface area contributed by atoms with Crippen molar-refractivity contribution in [2.75, 3.05) is 6.54 Å². The van der Waals surface area contributed by atoms with Crippen molar-refractivity contribution in [1.82, 2.24) is 4.90 Å². The number of hydrogen-bond acceptors (Lipinski definition) is 4. The number of Topliss-reactive ketones (excluding diaryl/α,β-unsaturated/α-hetero) is 1. The molecule has 3 aliphatic rings. The van der Waals surface area contributed by atoms with Crippen LogP contribution in [-0.4, -0.2) is 23.5 Å². The van der Waals surface area contributed by atoms with Gasteiger partial charge in [0.25, 0.3) is 0 Å². The van der Waals surface area contributed by atoms with E-state index in [1.54, 1.807) is 6.08 Å². The van der Waals surface area contributed by atoms with E-state index in [-0.39, 0.29) is 23.3 Å². The Kier molecular flexibility index (Phi) is 3.16. The third kappa shape index (κ3) is 2.27. The molecule has 0 fully saturated rings. The highest BCUT2D eigenvalue weighted by Gasteiger charge is 2.44. The monoisotopic (exact) mass is 284 g/mol. The van der Waals surface area contributed by atoms with Gasteiger partial charge in [0.05, 0.1) is 0 Å². The molecule has 4 heteroatoms. The topological polar surface area (TPSA) is 53.3 Å². The van der Waals surface area contributed by atoms with Crippen LogP contribution >= 0.6 is 0 Å². The van der Waals surface area contributed by atoms with E-state index in [1.807, 2.05) is 11.0 Å². The van der Waals surface area contributed by atoms with Gasteiger partial charge < -0.3 is 9.64 Å². The number of hydrogen-bond donors (Lipinski definition) is 0. The second kappa shape index (κ2) is 4.77. The third-order valence-electron chi connectivity index (χ3n) is 4.44. The fraction of sp³-hybridized carbons (Fsp3) is 0.529. The lowest BCUT2D eigenvalue weighted by Crippen LogP contribution is -2.46. The lowest BCUT2D eigenvalue weighted by Gasteiger charge is -2.46. The van der Waals surface area contributed by atoms with Gasteiger partial charge in [-0.05, 0) is 11.5 Å². The molecule has 0 unspecified atom stereocenters. The van der Waals surface area contributed by atoms with Gasteiger partial charge in [-0.15, -0.1) is 6.58 Å². The van der Waals surface area contributed by atoms with Crippen molar-refractivity contribution in [2.24, 2.45) is 11.3 Å². The Morgan fingerprint density at radius 2 is 2.33 bits per heavy atom. The molecule has 21 heavy (non-hydrogen) atoms. The third-order valence-corrected chi connectivity index (χ3v) is 4.44. The van der Waals surface area contributed by atoms with Gasteiger partial charge in [0.1, 0.15) is 17.5 Å². The van der Waals surface area contributed by atoms with Gasteiger partial charge in [-0.2, -0.15) is 5.26 Å². The van der Waals surface area contributed by atoms with E-state index in [0.29, 0.717) is 18.7 Å². The predicted molar refractivity (Wildman–Crippen MR) is 78.6 cm³/mol. The van der Waals surface area contributed by atoms with E-state index in [9.17, 15) is 10.1 Å². The first kappa shape index (κ1) is 13.9. The van der Waals surface area contributed by atoms with Crippen LogP contribution in [0.2, 0.25) is 0 Å². The van der Waals surface area contributed by atoms with Gasteiger partial charge in [-0.3, -0.25) is 4.79 Å². The van der Waals surface area contributed by atoms with E-state index in [0.717, 1.165) is 24.2 Å². The first-order chi connectivity index (χ1) is 9.95. The first-order valence-electron chi connectivity index (χ1n) is 7.37. The average molecular weight is 284 g/mol. The highest BCUT2D eigenvalue weighted by Crippen LogP contribution is 2.46. The summed E-state index contributed by atoms with van der Waals surface area (Å²) in [5, 5.41) is 9.34. The van der Waals surface area contributed by atoms with Crippen molar-refractivity contribution >= 4 is 5.78 Å². The van der Waals surface area contributed by atoms with Crippen molar-refractivity contribution in [3.05, 3.63) is 35.8 Å². The second-order valence-corrected chi connectivity index (χ2v) is 6.80. The average Bonchev–Trinajstić information content (AvgIpc) is 2.39. The Hall–Kier alpha value is -2.02. The zero-order valence-corrected chi connectivity index (χ0v) is 12.6. The van der Waals surface area contributed by atoms with Crippen LogP contribution in [0.25, 0.3) is 0 Å². The highest BCUT2D eigenvalue weighted by molar-refractivity contribution is 5.98. The lowest BCUT2D eigenvalue weighted by molar-refractivity contribution is -0.122. The molecule has 2 aliphatic heterocycles. The Balaban J connectivity index is 2.02. The maximum Gasteiger partial charge on any atom is 0.173 e. The number of ketones is 1. The summed E-state index contributed by atoms with van der Waals surface area (Å²) in [6.07, 6.45) is 5.63. The number of nitrogens with zero attached hydrogens (tertiary/aromatic N) is 2. The number of ether oxygens (including phenoxy) is 1. The summed E-state index contributed by atoms with van der Waals surface area (Å²) in [7, 11) is 0. The maximum absolute atomic E-state index is 12.5. The maximum atomic E-state index is 12.5. The summed E-state index contributed by atoms with van der Waals surface area (Å²) in [5.41, 5.74) is 1.34. The molecule has 0 aromatic rings. The molecule has 0 aromatic carbocycles. The van der Waals surface area contributed by atoms with E-state index in [2.05, 4.69) is 26.5 Å². The summed E-state index contributed by atoms with van der Waals surface area (Å²) in [6, 6.07) is 2.22. The van der Waals surface area contributed by atoms with Crippen LogP contribution in [0.4, 0.5) is 0 Å². The standard InChI is InChI=1S/C17H20N2O2/c1-4-5-19-12(10-18)6-11-7-15(19)21-14-9-17(2,3)8-13(20)16(11)14/h4,6,11,15H,1,5,7-9H2,2-3H3/t11-,15-/m1/s1. The Labute approximate surface area is 125 Å². The van der Waals surface area contributed by atoms with Crippen LogP contribution in [0.3, 0.4) is 0 Å². The van der Waals surface area contributed by atoms with E-state index < -0.39 is 0 Å². The normalized spacial score (nSPS) is 30.0. The molecule has 0 saturated carbocycles. The highest BCUT2D eigenvalue weighted by atomic mass is 16.5. The van der Waals surface area contributed by atoms with Crippen molar-refractivity contribution < 1.29 is 9.53 Å². The molecule has 0 radical (unpaired) electrons. The summed E-state index contributed by atoms with van der Waals surface area (Å²) in [5.74, 6) is 1.04. The fourth-order valence-corrected chi connectivity index (χ4v) is 3.58. The number of fused-ring (bicyclic) bond motifs is 3. The van der Waals surface area contributed by atoms with Crippen LogP contribution in [0.5, 0.6) is 0 Å². The number of carbonyl (C=O) groups excluding carboxylic acids is 1. The largest absolute Gasteiger partial charge is 0.474 e. The SMILES string of the molecule is C=CCN1C(C#N)=C[C@@H]2C[C@H]1OC1=C2C(=O)CC(C)(C)C1. The summed E-state index contributed by atoms with van der Waals surface area (Å²) < 4.78 is 6.11. The van der Waals surface area contributed by atoms with E-state index in [1.165, 1.54) is 0 Å². The van der Waals surface area contributed by atoms with Crippen LogP contribution in [0.1, 0.15) is 33.1 Å². The molecule has 0 saturated heterocycles. The number of allylic oxidation sites excluding steroid dienone is 4. The molecule has 110 valence electrons. The number of carbonyl (C=O) groups is 1. The van der Waals surface area contributed by atoms with E-state index >= 15 is 0 Å². The molecule has 0 spiro atoms. The van der Waals surface area contributed by atoms with Crippen LogP contribution in [0.15, 0.2) is 35.8 Å². The molecule has 2 heterocycles. The minimum Gasteiger partial charge on any atom is -0.474 e. The quantitative estimate of drug-likeness (QED) is 0.732. The molecule has 2 atom stereocenters. The molecular weight excluding hydrogens is 264 g/mol. The van der Waals surface area contributed by atoms with Crippen molar-refractivity contribution in [1.29, 1.82) is 5.26 Å². The molecule has 2 bridgehead atoms. The molecule has 0 aromatic heterocycles. The number of nitriles is 1. The van der Waals surface area contributed by atoms with Gasteiger partial charge in [0.15, 0.2) is 12.0 Å². The van der Waals surface area contributed by atoms with Gasteiger partial charge >= 0.3 is 0 Å². The molecule has 0 N–H and O–H groups in total. The molecule has 3 rings (SSSR count). The molecule has 4 nitrogen and oxygen atoms in total. The Morgan fingerprint density at radius 1 is 1.57 bits per heavy atom. The van der Waals surface area contributed by atoms with Crippen LogP contribution in [0, 0.1) is 22.7 Å². The molecular formula is C17H20N2O2. The molecule has 1 aliphatic carbocycles. The predicted octanol–water partition coefficient (Wildman–Crippen LogP) is 2.90. The second-order valence-electron chi connectivity index (χ2n) is 6.80. The van der Waals surface area contributed by atoms with Gasteiger partial charge in [0, 0.05) is 37.3 Å². The molecule has 0 amide bonds. The van der Waals surface area contributed by atoms with Crippen molar-refractivity contribution in [3.63, 3.8) is 0 Å². The van der Waals surface area contributed by atoms with Gasteiger partial charge in [-0.25, -0.2) is 0 Å². The van der Waals surface area contributed by atoms with Crippen LogP contribution < -0.4 is 0 Å². The zero-order chi connectivity index (χ0) is 15.2. The lowest BCUT2D eigenvalue weighted by atomic mass is 9.71. The summed E-state index contributed by atoms with van der Waals surface area (Å²) in [4.78, 5) is 14.4. The minimum atomic E-state index is -0.159. The smallest absolute Gasteiger partial charge is 0.173 e. The summed E-state index contributed by atoms with van der Waals surface area (Å²) in [6.45, 7) is 8.52. The fourth-order valence-electron chi connectivity index (χ4n) is 3.58. The van der Waals surface area contributed by atoms with Gasteiger partial charge in [0.2, 0.25) is 0 Å². The zero-order valence-electron chi connectivity index (χ0n) is 12.6. The Morgan fingerprint density at radius 3 is 3.00 bits per heavy atom. The van der Waals surface area contributed by atoms with Crippen LogP contribution in [-0.2, 0) is 9.53 Å². The minimum absolute atomic E-state index is 0.0260. The van der Waals surface area contributed by atoms with Crippen molar-refractivity contribution in [3.8, 4) is 6.07 Å². The number of rotatable bonds is 2. The van der Waals surface area contributed by atoms with Crippen molar-refractivity contribution in [2.45, 2.75) is 39.3 Å². The van der Waals surface area contributed by atoms with E-state index in [4.69, 9.17) is 4.74 Å². The Bertz CT molecular complexity index is 607.